The second-order valence-electron chi connectivity index (χ2n) is 4.48. The van der Waals surface area contributed by atoms with Crippen molar-refractivity contribution in [2.45, 2.75) is 13.5 Å². The molecule has 0 aliphatic heterocycles. The van der Waals surface area contributed by atoms with E-state index in [2.05, 4.69) is 27.8 Å². The van der Waals surface area contributed by atoms with Crippen molar-refractivity contribution >= 4 is 16.7 Å². The third-order valence-corrected chi connectivity index (χ3v) is 3.17. The zero-order chi connectivity index (χ0) is 12.5. The lowest BCUT2D eigenvalue weighted by Crippen LogP contribution is -2.02. The van der Waals surface area contributed by atoms with Crippen molar-refractivity contribution in [1.82, 2.24) is 9.55 Å². The number of benzene rings is 2. The molecule has 0 amide bonds. The minimum atomic E-state index is 0.797. The van der Waals surface area contributed by atoms with Gasteiger partial charge in [0, 0.05) is 12.2 Å². The monoisotopic (exact) mass is 237 g/mol. The summed E-state index contributed by atoms with van der Waals surface area (Å²) in [6.07, 6.45) is 0. The fourth-order valence-corrected chi connectivity index (χ4v) is 2.20. The Kier molecular flexibility index (Phi) is 2.52. The van der Waals surface area contributed by atoms with Crippen molar-refractivity contribution in [3.05, 3.63) is 59.9 Å². The highest BCUT2D eigenvalue weighted by Gasteiger charge is 2.06. The van der Waals surface area contributed by atoms with E-state index in [4.69, 9.17) is 5.73 Å². The lowest BCUT2D eigenvalue weighted by molar-refractivity contribution is 0.786. The molecule has 18 heavy (non-hydrogen) atoms. The van der Waals surface area contributed by atoms with Gasteiger partial charge in [0.2, 0.25) is 0 Å². The van der Waals surface area contributed by atoms with Crippen LogP contribution in [0.15, 0.2) is 48.5 Å². The maximum absolute atomic E-state index is 5.70. The third kappa shape index (κ3) is 1.84. The van der Waals surface area contributed by atoms with E-state index in [1.807, 2.05) is 37.3 Å². The largest absolute Gasteiger partial charge is 0.399 e. The number of rotatable bonds is 2. The number of nitrogens with zero attached hydrogens (tertiary/aromatic N) is 2. The predicted molar refractivity (Wildman–Crippen MR) is 74.4 cm³/mol. The first-order chi connectivity index (χ1) is 8.74. The zero-order valence-corrected chi connectivity index (χ0v) is 10.3. The Morgan fingerprint density at radius 3 is 2.56 bits per heavy atom. The average Bonchev–Trinajstić information content (AvgIpc) is 2.69. The lowest BCUT2D eigenvalue weighted by Gasteiger charge is -2.07. The van der Waals surface area contributed by atoms with E-state index in [9.17, 15) is 0 Å². The number of nitrogens with two attached hydrogens (primary N) is 1. The van der Waals surface area contributed by atoms with Gasteiger partial charge in [0.05, 0.1) is 11.0 Å². The molecule has 2 N–H and O–H groups in total. The first-order valence-corrected chi connectivity index (χ1v) is 6.00. The molecule has 0 fully saturated rings. The highest BCUT2D eigenvalue weighted by molar-refractivity contribution is 5.75. The molecule has 0 aliphatic rings. The number of aryl methyl sites for hydroxylation is 1. The molecule has 0 radical (unpaired) electrons. The number of fused-ring (bicyclic) bond motifs is 1. The second kappa shape index (κ2) is 4.18. The molecular weight excluding hydrogens is 222 g/mol. The maximum atomic E-state index is 5.70. The summed E-state index contributed by atoms with van der Waals surface area (Å²) < 4.78 is 2.22. The summed E-state index contributed by atoms with van der Waals surface area (Å²) in [6, 6.07) is 16.2. The van der Waals surface area contributed by atoms with E-state index in [0.29, 0.717) is 0 Å². The fourth-order valence-electron chi connectivity index (χ4n) is 2.20. The number of para-hydroxylation sites is 2. The molecule has 0 unspecified atom stereocenters. The summed E-state index contributed by atoms with van der Waals surface area (Å²) >= 11 is 0. The van der Waals surface area contributed by atoms with Crippen LogP contribution in [0.1, 0.15) is 11.4 Å². The van der Waals surface area contributed by atoms with Crippen molar-refractivity contribution in [3.8, 4) is 0 Å². The van der Waals surface area contributed by atoms with Crippen molar-refractivity contribution in [2.24, 2.45) is 0 Å². The molecule has 1 aromatic heterocycles. The summed E-state index contributed by atoms with van der Waals surface area (Å²) in [5.74, 6) is 1.04. The van der Waals surface area contributed by atoms with Gasteiger partial charge in [-0.05, 0) is 36.8 Å². The molecule has 3 heteroatoms. The molecule has 3 aromatic rings. The van der Waals surface area contributed by atoms with Gasteiger partial charge in [-0.2, -0.15) is 0 Å². The lowest BCUT2D eigenvalue weighted by atomic mass is 10.2. The van der Waals surface area contributed by atoms with Gasteiger partial charge < -0.3 is 10.3 Å². The number of anilines is 1. The van der Waals surface area contributed by atoms with Crippen molar-refractivity contribution in [3.63, 3.8) is 0 Å². The van der Waals surface area contributed by atoms with E-state index in [1.165, 1.54) is 11.1 Å². The molecular formula is C15H15N3. The number of imidazole rings is 1. The van der Waals surface area contributed by atoms with Crippen LogP contribution in [0, 0.1) is 6.92 Å². The first-order valence-electron chi connectivity index (χ1n) is 6.00. The summed E-state index contributed by atoms with van der Waals surface area (Å²) in [5, 5.41) is 0. The van der Waals surface area contributed by atoms with Crippen LogP contribution < -0.4 is 5.73 Å². The third-order valence-electron chi connectivity index (χ3n) is 3.17. The Balaban J connectivity index is 2.04. The smallest absolute Gasteiger partial charge is 0.107 e. The van der Waals surface area contributed by atoms with Crippen LogP contribution in [0.2, 0.25) is 0 Å². The Morgan fingerprint density at radius 1 is 1.06 bits per heavy atom. The molecule has 2 aromatic carbocycles. The summed E-state index contributed by atoms with van der Waals surface area (Å²) in [5.41, 5.74) is 9.95. The molecule has 0 spiro atoms. The average molecular weight is 237 g/mol. The van der Waals surface area contributed by atoms with Gasteiger partial charge in [-0.15, -0.1) is 0 Å². The van der Waals surface area contributed by atoms with E-state index in [1.54, 1.807) is 0 Å². The molecule has 0 saturated carbocycles. The van der Waals surface area contributed by atoms with Crippen LogP contribution in [0.4, 0.5) is 5.69 Å². The first kappa shape index (κ1) is 10.8. The van der Waals surface area contributed by atoms with E-state index in [0.717, 1.165) is 23.6 Å². The molecule has 0 saturated heterocycles. The standard InChI is InChI=1S/C15H15N3/c1-11-17-14-4-2-3-5-15(14)18(11)10-12-6-8-13(16)9-7-12/h2-9H,10,16H2,1H3. The van der Waals surface area contributed by atoms with Crippen molar-refractivity contribution in [2.75, 3.05) is 5.73 Å². The molecule has 3 rings (SSSR count). The zero-order valence-electron chi connectivity index (χ0n) is 10.3. The van der Waals surface area contributed by atoms with Gasteiger partial charge in [0.15, 0.2) is 0 Å². The van der Waals surface area contributed by atoms with Gasteiger partial charge in [0.25, 0.3) is 0 Å². The Labute approximate surface area is 106 Å². The number of hydrogen-bond acceptors (Lipinski definition) is 2. The van der Waals surface area contributed by atoms with Gasteiger partial charge in [-0.1, -0.05) is 24.3 Å². The molecule has 3 nitrogen and oxygen atoms in total. The van der Waals surface area contributed by atoms with Gasteiger partial charge >= 0.3 is 0 Å². The SMILES string of the molecule is Cc1nc2ccccc2n1Cc1ccc(N)cc1. The summed E-state index contributed by atoms with van der Waals surface area (Å²) in [7, 11) is 0. The van der Waals surface area contributed by atoms with Crippen LogP contribution in [0.3, 0.4) is 0 Å². The highest BCUT2D eigenvalue weighted by atomic mass is 15.1. The van der Waals surface area contributed by atoms with Crippen LogP contribution >= 0.6 is 0 Å². The summed E-state index contributed by atoms with van der Waals surface area (Å²) in [4.78, 5) is 4.57. The molecule has 1 heterocycles. The minimum Gasteiger partial charge on any atom is -0.399 e. The predicted octanol–water partition coefficient (Wildman–Crippen LogP) is 2.98. The van der Waals surface area contributed by atoms with E-state index < -0.39 is 0 Å². The molecule has 0 aliphatic carbocycles. The van der Waals surface area contributed by atoms with Gasteiger partial charge in [-0.3, -0.25) is 0 Å². The van der Waals surface area contributed by atoms with E-state index >= 15 is 0 Å². The van der Waals surface area contributed by atoms with Crippen LogP contribution in [-0.2, 0) is 6.54 Å². The molecule has 90 valence electrons. The Morgan fingerprint density at radius 2 is 1.78 bits per heavy atom. The van der Waals surface area contributed by atoms with Crippen LogP contribution in [-0.4, -0.2) is 9.55 Å². The van der Waals surface area contributed by atoms with Crippen molar-refractivity contribution in [1.29, 1.82) is 0 Å². The number of nitrogen functional groups attached to an aromatic ring is 1. The van der Waals surface area contributed by atoms with Crippen LogP contribution in [0.25, 0.3) is 11.0 Å². The van der Waals surface area contributed by atoms with Crippen LogP contribution in [0.5, 0.6) is 0 Å². The van der Waals surface area contributed by atoms with E-state index in [-0.39, 0.29) is 0 Å². The Hall–Kier alpha value is -2.29. The topological polar surface area (TPSA) is 43.8 Å². The van der Waals surface area contributed by atoms with Gasteiger partial charge in [0.1, 0.15) is 5.82 Å². The minimum absolute atomic E-state index is 0.797. The fraction of sp³-hybridized carbons (Fsp3) is 0.133. The van der Waals surface area contributed by atoms with Gasteiger partial charge in [-0.25, -0.2) is 4.98 Å². The normalized spacial score (nSPS) is 10.9. The van der Waals surface area contributed by atoms with Crippen molar-refractivity contribution < 1.29 is 0 Å². The summed E-state index contributed by atoms with van der Waals surface area (Å²) in [6.45, 7) is 2.87. The number of aromatic nitrogens is 2. The molecule has 0 atom stereocenters. The Bertz CT molecular complexity index is 681. The number of hydrogen-bond donors (Lipinski definition) is 1. The second-order valence-corrected chi connectivity index (χ2v) is 4.48. The molecule has 0 bridgehead atoms. The maximum Gasteiger partial charge on any atom is 0.107 e. The highest BCUT2D eigenvalue weighted by Crippen LogP contribution is 2.17. The quantitative estimate of drug-likeness (QED) is 0.696.